The lowest BCUT2D eigenvalue weighted by Crippen LogP contribution is -2.41. The number of carbonyl (C=O) groups is 3. The van der Waals surface area contributed by atoms with Gasteiger partial charge < -0.3 is 20.5 Å². The van der Waals surface area contributed by atoms with E-state index in [4.69, 9.17) is 11.6 Å². The van der Waals surface area contributed by atoms with Gasteiger partial charge in [-0.2, -0.15) is 0 Å². The maximum atomic E-state index is 12.7. The number of para-hydroxylation sites is 1. The van der Waals surface area contributed by atoms with Gasteiger partial charge in [0.15, 0.2) is 0 Å². The third-order valence-corrected chi connectivity index (χ3v) is 4.82. The Kier molecular flexibility index (Phi) is 6.11. The number of hydrogen-bond donors (Lipinski definition) is 2. The largest absolute Gasteiger partial charge is 0.550 e. The van der Waals surface area contributed by atoms with E-state index in [0.717, 1.165) is 0 Å². The summed E-state index contributed by atoms with van der Waals surface area (Å²) in [6.45, 7) is 0. The fourth-order valence-corrected chi connectivity index (χ4v) is 3.33. The van der Waals surface area contributed by atoms with Gasteiger partial charge in [0.2, 0.25) is 5.91 Å². The van der Waals surface area contributed by atoms with Crippen LogP contribution in [-0.4, -0.2) is 17.8 Å². The molecule has 2 N–H and O–H groups in total. The summed E-state index contributed by atoms with van der Waals surface area (Å²) in [4.78, 5) is 36.7. The average molecular weight is 398 g/mol. The summed E-state index contributed by atoms with van der Waals surface area (Å²) in [6, 6.07) is 13.2. The van der Waals surface area contributed by atoms with Gasteiger partial charge in [-0.05, 0) is 43.2 Å². The van der Waals surface area contributed by atoms with Crippen LogP contribution in [0.1, 0.15) is 23.2 Å². The number of hydrogen-bond acceptors (Lipinski definition) is 4. The highest BCUT2D eigenvalue weighted by Crippen LogP contribution is 2.27. The number of carboxylic acids is 1. The fourth-order valence-electron chi connectivity index (χ4n) is 3.14. The molecule has 0 aromatic heterocycles. The Labute approximate surface area is 167 Å². The molecule has 7 heteroatoms. The molecule has 0 radical (unpaired) electrons. The summed E-state index contributed by atoms with van der Waals surface area (Å²) in [5, 5.41) is 17.2. The van der Waals surface area contributed by atoms with Crippen LogP contribution in [0, 0.1) is 11.8 Å². The van der Waals surface area contributed by atoms with Crippen LogP contribution < -0.4 is 15.7 Å². The van der Waals surface area contributed by atoms with Gasteiger partial charge in [-0.1, -0.05) is 42.0 Å². The maximum Gasteiger partial charge on any atom is 0.257 e. The molecule has 0 unspecified atom stereocenters. The lowest BCUT2D eigenvalue weighted by molar-refractivity contribution is -0.313. The van der Waals surface area contributed by atoms with E-state index in [1.54, 1.807) is 60.7 Å². The first-order chi connectivity index (χ1) is 13.5. The monoisotopic (exact) mass is 397 g/mol. The molecule has 0 aliphatic heterocycles. The van der Waals surface area contributed by atoms with Crippen molar-refractivity contribution in [3.63, 3.8) is 0 Å². The second-order valence-electron chi connectivity index (χ2n) is 6.47. The highest BCUT2D eigenvalue weighted by molar-refractivity contribution is 6.31. The van der Waals surface area contributed by atoms with Gasteiger partial charge in [-0.3, -0.25) is 9.59 Å². The number of carbonyl (C=O) groups excluding carboxylic acids is 3. The minimum Gasteiger partial charge on any atom is -0.550 e. The predicted octanol–water partition coefficient (Wildman–Crippen LogP) is 2.86. The number of allylic oxidation sites excluding steroid dienone is 2. The first kappa shape index (κ1) is 19.6. The second-order valence-corrected chi connectivity index (χ2v) is 6.91. The molecule has 2 aromatic rings. The SMILES string of the molecule is O=C(Nc1cccc(Cl)c1)c1ccccc1NC(=O)[C@@H]1CC=CC[C@@H]1C(=O)[O-]. The Morgan fingerprint density at radius 3 is 2.36 bits per heavy atom. The van der Waals surface area contributed by atoms with Crippen LogP contribution in [0.3, 0.4) is 0 Å². The summed E-state index contributed by atoms with van der Waals surface area (Å²) in [5.41, 5.74) is 1.08. The predicted molar refractivity (Wildman–Crippen MR) is 105 cm³/mol. The Morgan fingerprint density at radius 1 is 0.929 bits per heavy atom. The van der Waals surface area contributed by atoms with Gasteiger partial charge >= 0.3 is 0 Å². The molecule has 3 rings (SSSR count). The highest BCUT2D eigenvalue weighted by atomic mass is 35.5. The van der Waals surface area contributed by atoms with E-state index in [-0.39, 0.29) is 12.0 Å². The van der Waals surface area contributed by atoms with Crippen LogP contribution in [0.15, 0.2) is 60.7 Å². The molecule has 2 aromatic carbocycles. The molecule has 0 fully saturated rings. The zero-order chi connectivity index (χ0) is 20.1. The molecule has 1 aliphatic rings. The topological polar surface area (TPSA) is 98.3 Å². The molecule has 0 saturated heterocycles. The van der Waals surface area contributed by atoms with E-state index in [2.05, 4.69) is 10.6 Å². The second kappa shape index (κ2) is 8.71. The number of benzene rings is 2. The molecule has 0 heterocycles. The number of aliphatic carboxylic acids is 1. The Balaban J connectivity index is 1.78. The summed E-state index contributed by atoms with van der Waals surface area (Å²) in [5.74, 6) is -3.77. The third-order valence-electron chi connectivity index (χ3n) is 4.58. The summed E-state index contributed by atoms with van der Waals surface area (Å²) < 4.78 is 0. The molecule has 0 spiro atoms. The molecule has 6 nitrogen and oxygen atoms in total. The van der Waals surface area contributed by atoms with Crippen molar-refractivity contribution >= 4 is 40.8 Å². The molecular weight excluding hydrogens is 380 g/mol. The van der Waals surface area contributed by atoms with Crippen LogP contribution in [0.5, 0.6) is 0 Å². The summed E-state index contributed by atoms with van der Waals surface area (Å²) >= 11 is 5.93. The van der Waals surface area contributed by atoms with Crippen molar-refractivity contribution in [3.8, 4) is 0 Å². The number of carboxylic acid groups (broad SMARTS) is 1. The van der Waals surface area contributed by atoms with Crippen molar-refractivity contribution in [2.45, 2.75) is 12.8 Å². The third kappa shape index (κ3) is 4.58. The Hall–Kier alpha value is -3.12. The Morgan fingerprint density at radius 2 is 1.64 bits per heavy atom. The molecule has 1 aliphatic carbocycles. The fraction of sp³-hybridized carbons (Fsp3) is 0.190. The van der Waals surface area contributed by atoms with Crippen molar-refractivity contribution in [2.75, 3.05) is 10.6 Å². The molecule has 28 heavy (non-hydrogen) atoms. The molecule has 2 atom stereocenters. The average Bonchev–Trinajstić information content (AvgIpc) is 2.68. The van der Waals surface area contributed by atoms with Crippen LogP contribution in [-0.2, 0) is 9.59 Å². The van der Waals surface area contributed by atoms with Crippen LogP contribution in [0.4, 0.5) is 11.4 Å². The number of anilines is 2. The lowest BCUT2D eigenvalue weighted by Gasteiger charge is -2.28. The van der Waals surface area contributed by atoms with E-state index < -0.39 is 29.6 Å². The van der Waals surface area contributed by atoms with Gasteiger partial charge in [-0.25, -0.2) is 0 Å². The van der Waals surface area contributed by atoms with E-state index in [1.165, 1.54) is 0 Å². The minimum absolute atomic E-state index is 0.247. The highest BCUT2D eigenvalue weighted by Gasteiger charge is 2.30. The zero-order valence-corrected chi connectivity index (χ0v) is 15.6. The lowest BCUT2D eigenvalue weighted by atomic mass is 9.82. The van der Waals surface area contributed by atoms with Crippen molar-refractivity contribution < 1.29 is 19.5 Å². The molecular formula is C21H18ClN2O4-. The van der Waals surface area contributed by atoms with Gasteiger partial charge in [0, 0.05) is 22.6 Å². The molecule has 2 amide bonds. The summed E-state index contributed by atoms with van der Waals surface area (Å²) in [7, 11) is 0. The van der Waals surface area contributed by atoms with Crippen LogP contribution in [0.25, 0.3) is 0 Å². The number of nitrogens with one attached hydrogen (secondary N) is 2. The minimum atomic E-state index is -1.25. The quantitative estimate of drug-likeness (QED) is 0.758. The van der Waals surface area contributed by atoms with E-state index in [1.807, 2.05) is 0 Å². The number of amides is 2. The van der Waals surface area contributed by atoms with Gasteiger partial charge in [-0.15, -0.1) is 0 Å². The zero-order valence-electron chi connectivity index (χ0n) is 14.9. The normalized spacial score (nSPS) is 18.3. The standard InChI is InChI=1S/C21H19ClN2O4/c22-13-6-5-7-14(12-13)23-20(26)17-10-3-4-11-18(17)24-19(25)15-8-1-2-9-16(15)21(27)28/h1-7,10-12,15-16H,8-9H2,(H,23,26)(H,24,25)(H,27,28)/p-1/t15-,16+/m1/s1. The smallest absolute Gasteiger partial charge is 0.257 e. The molecule has 144 valence electrons. The van der Waals surface area contributed by atoms with Gasteiger partial charge in [0.1, 0.15) is 0 Å². The number of halogens is 1. The maximum absolute atomic E-state index is 12.7. The van der Waals surface area contributed by atoms with Gasteiger partial charge in [0.05, 0.1) is 17.2 Å². The summed E-state index contributed by atoms with van der Waals surface area (Å²) in [6.07, 6.45) is 4.07. The van der Waals surface area contributed by atoms with E-state index in [9.17, 15) is 19.5 Å². The molecule has 0 bridgehead atoms. The van der Waals surface area contributed by atoms with Crippen molar-refractivity contribution in [2.24, 2.45) is 11.8 Å². The van der Waals surface area contributed by atoms with Crippen molar-refractivity contribution in [1.82, 2.24) is 0 Å². The van der Waals surface area contributed by atoms with E-state index in [0.29, 0.717) is 22.8 Å². The van der Waals surface area contributed by atoms with Crippen LogP contribution in [0.2, 0.25) is 5.02 Å². The first-order valence-corrected chi connectivity index (χ1v) is 9.16. The van der Waals surface area contributed by atoms with Crippen LogP contribution >= 0.6 is 11.6 Å². The number of rotatable bonds is 5. The Bertz CT molecular complexity index is 942. The van der Waals surface area contributed by atoms with Crippen molar-refractivity contribution in [1.29, 1.82) is 0 Å². The van der Waals surface area contributed by atoms with E-state index >= 15 is 0 Å². The van der Waals surface area contributed by atoms with Gasteiger partial charge in [0.25, 0.3) is 5.91 Å². The van der Waals surface area contributed by atoms with Crippen molar-refractivity contribution in [3.05, 3.63) is 71.3 Å². The molecule has 0 saturated carbocycles. The first-order valence-electron chi connectivity index (χ1n) is 8.78.